The highest BCUT2D eigenvalue weighted by atomic mass is 16.6. The molecule has 0 aromatic heterocycles. The monoisotopic (exact) mass is 319 g/mol. The molecule has 2 rings (SSSR count). The number of nitrogens with one attached hydrogen (secondary N) is 2. The van der Waals surface area contributed by atoms with Crippen LogP contribution in [-0.4, -0.2) is 48.4 Å². The van der Waals surface area contributed by atoms with Crippen molar-refractivity contribution < 1.29 is 9.72 Å². The zero-order chi connectivity index (χ0) is 16.8. The third-order valence-corrected chi connectivity index (χ3v) is 3.39. The van der Waals surface area contributed by atoms with E-state index >= 15 is 0 Å². The van der Waals surface area contributed by atoms with E-state index in [9.17, 15) is 14.9 Å². The lowest BCUT2D eigenvalue weighted by atomic mass is 10.2. The average molecular weight is 319 g/mol. The van der Waals surface area contributed by atoms with Gasteiger partial charge in [-0.2, -0.15) is 0 Å². The Morgan fingerprint density at radius 1 is 1.35 bits per heavy atom. The molecule has 0 heterocycles. The smallest absolute Gasteiger partial charge is 0.269 e. The van der Waals surface area contributed by atoms with Crippen LogP contribution in [-0.2, 0) is 11.3 Å². The predicted molar refractivity (Wildman–Crippen MR) is 87.1 cm³/mol. The Balaban J connectivity index is 1.95. The van der Waals surface area contributed by atoms with Crippen molar-refractivity contribution in [2.24, 2.45) is 4.99 Å². The molecular formula is C15H21N5O3. The number of guanidine groups is 1. The summed E-state index contributed by atoms with van der Waals surface area (Å²) in [6, 6.07) is 6.69. The SMILES string of the molecule is CN(C)C(=O)CNC(=NCc1ccc([N+](=O)[O-])cc1)NC1CC1. The van der Waals surface area contributed by atoms with Gasteiger partial charge in [0.1, 0.15) is 0 Å². The summed E-state index contributed by atoms with van der Waals surface area (Å²) in [5.41, 5.74) is 0.926. The second-order valence-electron chi connectivity index (χ2n) is 5.65. The van der Waals surface area contributed by atoms with Gasteiger partial charge in [-0.3, -0.25) is 14.9 Å². The molecule has 1 aromatic rings. The van der Waals surface area contributed by atoms with E-state index in [1.54, 1.807) is 26.2 Å². The first kappa shape index (κ1) is 16.7. The topological polar surface area (TPSA) is 99.9 Å². The number of amides is 1. The molecule has 0 bridgehead atoms. The molecule has 1 fully saturated rings. The van der Waals surface area contributed by atoms with Gasteiger partial charge in [0.25, 0.3) is 5.69 Å². The minimum atomic E-state index is -0.429. The first-order valence-electron chi connectivity index (χ1n) is 7.44. The molecule has 8 nitrogen and oxygen atoms in total. The number of benzene rings is 1. The fraction of sp³-hybridized carbons (Fsp3) is 0.467. The van der Waals surface area contributed by atoms with Gasteiger partial charge in [0, 0.05) is 32.3 Å². The van der Waals surface area contributed by atoms with Crippen LogP contribution < -0.4 is 10.6 Å². The summed E-state index contributed by atoms with van der Waals surface area (Å²) < 4.78 is 0. The second kappa shape index (κ2) is 7.57. The lowest BCUT2D eigenvalue weighted by molar-refractivity contribution is -0.384. The average Bonchev–Trinajstić information content (AvgIpc) is 3.33. The van der Waals surface area contributed by atoms with Crippen LogP contribution in [0.15, 0.2) is 29.3 Å². The van der Waals surface area contributed by atoms with E-state index < -0.39 is 4.92 Å². The van der Waals surface area contributed by atoms with Crippen molar-refractivity contribution in [1.29, 1.82) is 0 Å². The Kier molecular flexibility index (Phi) is 5.51. The maximum Gasteiger partial charge on any atom is 0.269 e. The number of hydrogen-bond acceptors (Lipinski definition) is 4. The van der Waals surface area contributed by atoms with Crippen LogP contribution in [0.2, 0.25) is 0 Å². The number of nitro benzene ring substituents is 1. The number of non-ortho nitro benzene ring substituents is 1. The number of aliphatic imine (C=N–C) groups is 1. The van der Waals surface area contributed by atoms with E-state index in [0.29, 0.717) is 18.5 Å². The highest BCUT2D eigenvalue weighted by Gasteiger charge is 2.22. The van der Waals surface area contributed by atoms with Crippen LogP contribution >= 0.6 is 0 Å². The predicted octanol–water partition coefficient (Wildman–Crippen LogP) is 0.881. The van der Waals surface area contributed by atoms with E-state index in [-0.39, 0.29) is 18.1 Å². The lowest BCUT2D eigenvalue weighted by Gasteiger charge is -2.14. The quantitative estimate of drug-likeness (QED) is 0.351. The van der Waals surface area contributed by atoms with Gasteiger partial charge in [0.2, 0.25) is 5.91 Å². The van der Waals surface area contributed by atoms with Crippen LogP contribution in [0.25, 0.3) is 0 Å². The molecule has 1 amide bonds. The highest BCUT2D eigenvalue weighted by Crippen LogP contribution is 2.18. The van der Waals surface area contributed by atoms with Crippen LogP contribution in [0.4, 0.5) is 5.69 Å². The van der Waals surface area contributed by atoms with E-state index in [1.165, 1.54) is 17.0 Å². The van der Waals surface area contributed by atoms with Crippen molar-refractivity contribution in [2.45, 2.75) is 25.4 Å². The molecule has 0 spiro atoms. The third-order valence-electron chi connectivity index (χ3n) is 3.39. The summed E-state index contributed by atoms with van der Waals surface area (Å²) in [6.07, 6.45) is 2.19. The maximum atomic E-state index is 11.6. The number of carbonyl (C=O) groups is 1. The Morgan fingerprint density at radius 3 is 2.52 bits per heavy atom. The summed E-state index contributed by atoms with van der Waals surface area (Å²) in [4.78, 5) is 27.8. The van der Waals surface area contributed by atoms with Gasteiger partial charge in [-0.1, -0.05) is 12.1 Å². The first-order chi connectivity index (χ1) is 11.0. The molecule has 23 heavy (non-hydrogen) atoms. The number of rotatable bonds is 6. The number of likely N-dealkylation sites (N-methyl/N-ethyl adjacent to an activating group) is 1. The minimum absolute atomic E-state index is 0.0365. The molecule has 2 N–H and O–H groups in total. The Morgan fingerprint density at radius 2 is 2.00 bits per heavy atom. The van der Waals surface area contributed by atoms with Crippen LogP contribution in [0.1, 0.15) is 18.4 Å². The number of hydrogen-bond donors (Lipinski definition) is 2. The van der Waals surface area contributed by atoms with Gasteiger partial charge in [0.15, 0.2) is 5.96 Å². The molecule has 8 heteroatoms. The molecule has 0 atom stereocenters. The maximum absolute atomic E-state index is 11.6. The zero-order valence-electron chi connectivity index (χ0n) is 13.3. The normalized spacial score (nSPS) is 14.3. The van der Waals surface area contributed by atoms with Crippen molar-refractivity contribution in [3.8, 4) is 0 Å². The molecule has 1 aromatic carbocycles. The summed E-state index contributed by atoms with van der Waals surface area (Å²) in [5.74, 6) is 0.548. The molecule has 124 valence electrons. The molecular weight excluding hydrogens is 298 g/mol. The fourth-order valence-corrected chi connectivity index (χ4v) is 1.78. The van der Waals surface area contributed by atoms with Gasteiger partial charge in [-0.25, -0.2) is 4.99 Å². The molecule has 1 aliphatic carbocycles. The summed E-state index contributed by atoms with van der Waals surface area (Å²) in [5, 5.41) is 16.9. The van der Waals surface area contributed by atoms with Crippen molar-refractivity contribution >= 4 is 17.6 Å². The number of nitro groups is 1. The minimum Gasteiger partial charge on any atom is -0.354 e. The Bertz CT molecular complexity index is 594. The van der Waals surface area contributed by atoms with Crippen molar-refractivity contribution in [3.05, 3.63) is 39.9 Å². The molecule has 1 saturated carbocycles. The summed E-state index contributed by atoms with van der Waals surface area (Å²) >= 11 is 0. The molecule has 0 unspecified atom stereocenters. The van der Waals surface area contributed by atoms with Gasteiger partial charge < -0.3 is 15.5 Å². The van der Waals surface area contributed by atoms with E-state index in [1.807, 2.05) is 0 Å². The molecule has 1 aliphatic rings. The van der Waals surface area contributed by atoms with Crippen LogP contribution in [0, 0.1) is 10.1 Å². The Hall–Kier alpha value is -2.64. The third kappa shape index (κ3) is 5.57. The fourth-order valence-electron chi connectivity index (χ4n) is 1.78. The molecule has 0 saturated heterocycles. The first-order valence-corrected chi connectivity index (χ1v) is 7.44. The summed E-state index contributed by atoms with van der Waals surface area (Å²) in [7, 11) is 3.40. The van der Waals surface area contributed by atoms with Crippen LogP contribution in [0.3, 0.4) is 0 Å². The van der Waals surface area contributed by atoms with E-state index in [2.05, 4.69) is 15.6 Å². The van der Waals surface area contributed by atoms with Crippen molar-refractivity contribution in [3.63, 3.8) is 0 Å². The van der Waals surface area contributed by atoms with Crippen molar-refractivity contribution in [1.82, 2.24) is 15.5 Å². The van der Waals surface area contributed by atoms with Gasteiger partial charge in [0.05, 0.1) is 18.0 Å². The van der Waals surface area contributed by atoms with Gasteiger partial charge >= 0.3 is 0 Å². The Labute approximate surface area is 134 Å². The van der Waals surface area contributed by atoms with Gasteiger partial charge in [-0.15, -0.1) is 0 Å². The standard InChI is InChI=1S/C15H21N5O3/c1-19(2)14(21)10-17-15(18-12-5-6-12)16-9-11-3-7-13(8-4-11)20(22)23/h3-4,7-8,12H,5-6,9-10H2,1-2H3,(H2,16,17,18). The zero-order valence-corrected chi connectivity index (χ0v) is 13.3. The van der Waals surface area contributed by atoms with Crippen molar-refractivity contribution in [2.75, 3.05) is 20.6 Å². The van der Waals surface area contributed by atoms with Crippen LogP contribution in [0.5, 0.6) is 0 Å². The molecule has 0 aliphatic heterocycles. The number of nitrogens with zero attached hydrogens (tertiary/aromatic N) is 3. The summed E-state index contributed by atoms with van der Waals surface area (Å²) in [6.45, 7) is 0.558. The lowest BCUT2D eigenvalue weighted by Crippen LogP contribution is -2.43. The van der Waals surface area contributed by atoms with Gasteiger partial charge in [-0.05, 0) is 18.4 Å². The largest absolute Gasteiger partial charge is 0.354 e. The van der Waals surface area contributed by atoms with E-state index in [0.717, 1.165) is 18.4 Å². The number of carbonyl (C=O) groups excluding carboxylic acids is 1. The second-order valence-corrected chi connectivity index (χ2v) is 5.65. The highest BCUT2D eigenvalue weighted by molar-refractivity contribution is 5.86. The van der Waals surface area contributed by atoms with E-state index in [4.69, 9.17) is 0 Å². The molecule has 0 radical (unpaired) electrons.